The molecule has 0 bridgehead atoms. The van der Waals surface area contributed by atoms with Crippen LogP contribution >= 0.6 is 0 Å². The first-order valence-corrected chi connectivity index (χ1v) is 7.21. The van der Waals surface area contributed by atoms with E-state index in [1.165, 1.54) is 0 Å². The first kappa shape index (κ1) is 14.5. The third-order valence-electron chi connectivity index (χ3n) is 3.42. The topological polar surface area (TPSA) is 85.4 Å². The quantitative estimate of drug-likeness (QED) is 0.676. The summed E-state index contributed by atoms with van der Waals surface area (Å²) in [7, 11) is 0. The highest BCUT2D eigenvalue weighted by molar-refractivity contribution is 5.62. The fourth-order valence-corrected chi connectivity index (χ4v) is 2.24. The van der Waals surface area contributed by atoms with Crippen LogP contribution in [0.4, 0.5) is 0 Å². The summed E-state index contributed by atoms with van der Waals surface area (Å²) >= 11 is 0. The van der Waals surface area contributed by atoms with E-state index in [2.05, 4.69) is 9.97 Å². The molecule has 0 saturated heterocycles. The number of aromatic amines is 1. The van der Waals surface area contributed by atoms with Gasteiger partial charge in [0.25, 0.3) is 5.56 Å². The molecule has 1 aromatic carbocycles. The van der Waals surface area contributed by atoms with Crippen molar-refractivity contribution in [3.8, 4) is 11.1 Å². The lowest BCUT2D eigenvalue weighted by atomic mass is 10.1. The van der Waals surface area contributed by atoms with Crippen molar-refractivity contribution in [3.05, 3.63) is 58.8 Å². The highest BCUT2D eigenvalue weighted by Crippen LogP contribution is 2.16. The first-order chi connectivity index (χ1) is 10.8. The monoisotopic (exact) mass is 298 g/mol. The zero-order chi connectivity index (χ0) is 15.4. The van der Waals surface area contributed by atoms with Gasteiger partial charge in [-0.15, -0.1) is 0 Å². The minimum Gasteiger partial charge on any atom is -0.377 e. The predicted octanol–water partition coefficient (Wildman–Crippen LogP) is 1.55. The molecule has 6 nitrogen and oxygen atoms in total. The van der Waals surface area contributed by atoms with Crippen LogP contribution in [-0.2, 0) is 11.3 Å². The number of ether oxygens (including phenoxy) is 1. The molecule has 0 aliphatic carbocycles. The van der Waals surface area contributed by atoms with Crippen molar-refractivity contribution in [1.82, 2.24) is 14.4 Å². The molecule has 0 amide bonds. The van der Waals surface area contributed by atoms with Crippen LogP contribution in [0, 0.1) is 0 Å². The van der Waals surface area contributed by atoms with E-state index in [9.17, 15) is 4.79 Å². The van der Waals surface area contributed by atoms with Gasteiger partial charge in [0.15, 0.2) is 0 Å². The third kappa shape index (κ3) is 3.08. The molecule has 0 radical (unpaired) electrons. The van der Waals surface area contributed by atoms with Gasteiger partial charge in [-0.1, -0.05) is 24.3 Å². The SMILES string of the molecule is NCCCOCc1ccc(-c2cn3cc[nH]c3nc2=O)cc1. The largest absolute Gasteiger partial charge is 0.377 e. The number of nitrogens with zero attached hydrogens (tertiary/aromatic N) is 2. The maximum absolute atomic E-state index is 12.1. The molecular weight excluding hydrogens is 280 g/mol. The fourth-order valence-electron chi connectivity index (χ4n) is 2.24. The van der Waals surface area contributed by atoms with Gasteiger partial charge in [-0.25, -0.2) is 0 Å². The summed E-state index contributed by atoms with van der Waals surface area (Å²) in [6, 6.07) is 7.75. The second-order valence-electron chi connectivity index (χ2n) is 5.04. The Hall–Kier alpha value is -2.44. The molecule has 2 heterocycles. The smallest absolute Gasteiger partial charge is 0.282 e. The van der Waals surface area contributed by atoms with Crippen LogP contribution in [0.3, 0.4) is 0 Å². The Kier molecular flexibility index (Phi) is 4.32. The summed E-state index contributed by atoms with van der Waals surface area (Å²) in [4.78, 5) is 19.0. The van der Waals surface area contributed by atoms with Gasteiger partial charge in [-0.3, -0.25) is 9.20 Å². The molecule has 2 aromatic heterocycles. The Labute approximate surface area is 127 Å². The van der Waals surface area contributed by atoms with E-state index in [4.69, 9.17) is 10.5 Å². The van der Waals surface area contributed by atoms with Gasteiger partial charge in [-0.05, 0) is 24.1 Å². The summed E-state index contributed by atoms with van der Waals surface area (Å²) in [5.74, 6) is 0.540. The van der Waals surface area contributed by atoms with Crippen molar-refractivity contribution in [2.75, 3.05) is 13.2 Å². The molecule has 22 heavy (non-hydrogen) atoms. The molecule has 0 fully saturated rings. The highest BCUT2D eigenvalue weighted by Gasteiger charge is 2.07. The molecular formula is C16H18N4O2. The van der Waals surface area contributed by atoms with Crippen molar-refractivity contribution in [2.45, 2.75) is 13.0 Å². The molecule has 0 saturated carbocycles. The number of rotatable bonds is 6. The minimum atomic E-state index is -0.241. The zero-order valence-electron chi connectivity index (χ0n) is 12.2. The third-order valence-corrected chi connectivity index (χ3v) is 3.42. The molecule has 3 N–H and O–H groups in total. The lowest BCUT2D eigenvalue weighted by Gasteiger charge is -2.05. The van der Waals surface area contributed by atoms with Crippen LogP contribution in [0.25, 0.3) is 16.9 Å². The van der Waals surface area contributed by atoms with Crippen LogP contribution in [-0.4, -0.2) is 27.5 Å². The van der Waals surface area contributed by atoms with E-state index in [1.54, 1.807) is 16.8 Å². The van der Waals surface area contributed by atoms with Crippen molar-refractivity contribution in [1.29, 1.82) is 0 Å². The number of hydrogen-bond donors (Lipinski definition) is 2. The van der Waals surface area contributed by atoms with Crippen molar-refractivity contribution >= 4 is 5.78 Å². The summed E-state index contributed by atoms with van der Waals surface area (Å²) in [5, 5.41) is 0. The lowest BCUT2D eigenvalue weighted by Crippen LogP contribution is -2.11. The molecule has 0 atom stereocenters. The maximum atomic E-state index is 12.1. The maximum Gasteiger partial charge on any atom is 0.282 e. The Balaban J connectivity index is 1.79. The van der Waals surface area contributed by atoms with Crippen molar-refractivity contribution in [3.63, 3.8) is 0 Å². The van der Waals surface area contributed by atoms with Crippen LogP contribution < -0.4 is 11.3 Å². The van der Waals surface area contributed by atoms with Gasteiger partial charge < -0.3 is 15.5 Å². The molecule has 3 rings (SSSR count). The normalized spacial score (nSPS) is 11.1. The number of nitrogens with two attached hydrogens (primary N) is 1. The van der Waals surface area contributed by atoms with Gasteiger partial charge in [0.05, 0.1) is 12.2 Å². The molecule has 3 aromatic rings. The fraction of sp³-hybridized carbons (Fsp3) is 0.250. The first-order valence-electron chi connectivity index (χ1n) is 7.21. The van der Waals surface area contributed by atoms with Crippen LogP contribution in [0.5, 0.6) is 0 Å². The van der Waals surface area contributed by atoms with Gasteiger partial charge in [0.1, 0.15) is 0 Å². The number of benzene rings is 1. The van der Waals surface area contributed by atoms with E-state index in [1.807, 2.05) is 30.5 Å². The van der Waals surface area contributed by atoms with Crippen molar-refractivity contribution in [2.24, 2.45) is 5.73 Å². The highest BCUT2D eigenvalue weighted by atomic mass is 16.5. The Bertz CT molecular complexity index is 805. The Morgan fingerprint density at radius 3 is 2.86 bits per heavy atom. The van der Waals surface area contributed by atoms with E-state index in [-0.39, 0.29) is 5.56 Å². The molecule has 0 aliphatic heterocycles. The summed E-state index contributed by atoms with van der Waals surface area (Å²) in [6.07, 6.45) is 6.21. The van der Waals surface area contributed by atoms with Gasteiger partial charge in [0.2, 0.25) is 5.78 Å². The molecule has 0 unspecified atom stereocenters. The van der Waals surface area contributed by atoms with E-state index in [0.717, 1.165) is 17.5 Å². The number of aromatic nitrogens is 3. The predicted molar refractivity (Wildman–Crippen MR) is 84.6 cm³/mol. The summed E-state index contributed by atoms with van der Waals surface area (Å²) in [5.41, 5.74) is 7.67. The van der Waals surface area contributed by atoms with Gasteiger partial charge in [0, 0.05) is 25.2 Å². The average molecular weight is 298 g/mol. The Morgan fingerprint density at radius 2 is 2.09 bits per heavy atom. The number of hydrogen-bond acceptors (Lipinski definition) is 4. The van der Waals surface area contributed by atoms with E-state index >= 15 is 0 Å². The number of H-pyrrole nitrogens is 1. The standard InChI is InChI=1S/C16H18N4O2/c17-6-1-9-22-11-12-2-4-13(5-3-12)14-10-20-8-7-18-16(20)19-15(14)21/h2-5,7-8,10H,1,6,9,11,17H2,(H,18,19,21). The van der Waals surface area contributed by atoms with Crippen molar-refractivity contribution < 1.29 is 4.74 Å². The molecule has 0 aliphatic rings. The molecule has 0 spiro atoms. The zero-order valence-corrected chi connectivity index (χ0v) is 12.2. The summed E-state index contributed by atoms with van der Waals surface area (Å²) < 4.78 is 7.31. The van der Waals surface area contributed by atoms with Crippen LogP contribution in [0.1, 0.15) is 12.0 Å². The lowest BCUT2D eigenvalue weighted by molar-refractivity contribution is 0.120. The second kappa shape index (κ2) is 6.55. The van der Waals surface area contributed by atoms with Gasteiger partial charge >= 0.3 is 0 Å². The summed E-state index contributed by atoms with van der Waals surface area (Å²) in [6.45, 7) is 1.85. The Morgan fingerprint density at radius 1 is 1.27 bits per heavy atom. The van der Waals surface area contributed by atoms with E-state index < -0.39 is 0 Å². The van der Waals surface area contributed by atoms with E-state index in [0.29, 0.717) is 31.1 Å². The number of imidazole rings is 1. The molecule has 6 heteroatoms. The molecule has 114 valence electrons. The van der Waals surface area contributed by atoms with Gasteiger partial charge in [-0.2, -0.15) is 4.98 Å². The van der Waals surface area contributed by atoms with Crippen LogP contribution in [0.2, 0.25) is 0 Å². The number of fused-ring (bicyclic) bond motifs is 1. The number of nitrogens with one attached hydrogen (secondary N) is 1. The van der Waals surface area contributed by atoms with Crippen LogP contribution in [0.15, 0.2) is 47.7 Å². The second-order valence-corrected chi connectivity index (χ2v) is 5.04. The average Bonchev–Trinajstić information content (AvgIpc) is 2.98. The minimum absolute atomic E-state index is 0.241.